The van der Waals surface area contributed by atoms with Crippen LogP contribution in [0.5, 0.6) is 0 Å². The minimum atomic E-state index is -0.642. The van der Waals surface area contributed by atoms with E-state index in [2.05, 4.69) is 0 Å². The number of hydrogen-bond donors (Lipinski definition) is 0. The van der Waals surface area contributed by atoms with Crippen molar-refractivity contribution in [3.63, 3.8) is 0 Å². The Hall–Kier alpha value is -3.11. The highest BCUT2D eigenvalue weighted by atomic mass is 16.6. The summed E-state index contributed by atoms with van der Waals surface area (Å²) in [5, 5.41) is 0.335. The Labute approximate surface area is 216 Å². The van der Waals surface area contributed by atoms with Gasteiger partial charge in [-0.1, -0.05) is 0 Å². The molecule has 1 unspecified atom stereocenters. The molecule has 200 valence electrons. The number of benzene rings is 1. The largest absolute Gasteiger partial charge is 0.444 e. The number of carbonyl (C=O) groups is 2. The number of nitrogens with zero attached hydrogens (tertiary/aromatic N) is 3. The second kappa shape index (κ2) is 10.3. The summed E-state index contributed by atoms with van der Waals surface area (Å²) in [5.41, 5.74) is 0.614. The van der Waals surface area contributed by atoms with Gasteiger partial charge in [0.05, 0.1) is 37.9 Å². The average Bonchev–Trinajstić information content (AvgIpc) is 3.38. The molecule has 2 aromatic rings. The van der Waals surface area contributed by atoms with Crippen molar-refractivity contribution in [2.75, 3.05) is 64.1 Å². The lowest BCUT2D eigenvalue weighted by atomic mass is 9.97. The Kier molecular flexibility index (Phi) is 7.13. The SMILES string of the molecule is CC(C)(C)OC(=O)N1CCCC1c1cc(C(=O)N2CCOCC2)cc2c(=O)cc(N3CCOCC3)oc12. The summed E-state index contributed by atoms with van der Waals surface area (Å²) in [7, 11) is 0. The third-order valence-corrected chi connectivity index (χ3v) is 6.95. The molecule has 5 rings (SSSR count). The van der Waals surface area contributed by atoms with Gasteiger partial charge >= 0.3 is 6.09 Å². The van der Waals surface area contributed by atoms with E-state index in [1.54, 1.807) is 21.9 Å². The molecule has 3 aliphatic rings. The van der Waals surface area contributed by atoms with Gasteiger partial charge in [0.1, 0.15) is 11.2 Å². The minimum absolute atomic E-state index is 0.162. The van der Waals surface area contributed by atoms with Crippen LogP contribution in [0, 0.1) is 0 Å². The molecule has 0 bridgehead atoms. The molecule has 0 aliphatic carbocycles. The Morgan fingerprint density at radius 1 is 0.946 bits per heavy atom. The number of carbonyl (C=O) groups excluding carboxylic acids is 2. The van der Waals surface area contributed by atoms with Gasteiger partial charge in [0, 0.05) is 49.9 Å². The van der Waals surface area contributed by atoms with Crippen LogP contribution in [0.25, 0.3) is 11.0 Å². The topological polar surface area (TPSA) is 102 Å². The third-order valence-electron chi connectivity index (χ3n) is 6.95. The van der Waals surface area contributed by atoms with Crippen molar-refractivity contribution in [3.05, 3.63) is 39.5 Å². The van der Waals surface area contributed by atoms with Crippen molar-refractivity contribution in [2.24, 2.45) is 0 Å². The van der Waals surface area contributed by atoms with Gasteiger partial charge in [-0.25, -0.2) is 4.79 Å². The number of ether oxygens (including phenoxy) is 3. The van der Waals surface area contributed by atoms with Crippen molar-refractivity contribution in [1.82, 2.24) is 9.80 Å². The molecule has 2 amide bonds. The molecule has 37 heavy (non-hydrogen) atoms. The highest BCUT2D eigenvalue weighted by Crippen LogP contribution is 2.38. The fourth-order valence-electron chi connectivity index (χ4n) is 5.16. The first-order valence-electron chi connectivity index (χ1n) is 13.0. The second-order valence-corrected chi connectivity index (χ2v) is 10.7. The minimum Gasteiger partial charge on any atom is -0.444 e. The summed E-state index contributed by atoms with van der Waals surface area (Å²) in [6, 6.07) is 4.52. The Morgan fingerprint density at radius 3 is 2.30 bits per heavy atom. The van der Waals surface area contributed by atoms with Crippen molar-refractivity contribution in [2.45, 2.75) is 45.3 Å². The van der Waals surface area contributed by atoms with Crippen molar-refractivity contribution in [1.29, 1.82) is 0 Å². The number of fused-ring (bicyclic) bond motifs is 1. The quantitative estimate of drug-likeness (QED) is 0.617. The molecule has 1 atom stereocenters. The van der Waals surface area contributed by atoms with E-state index < -0.39 is 11.7 Å². The molecule has 3 fully saturated rings. The summed E-state index contributed by atoms with van der Waals surface area (Å²) in [6.45, 7) is 10.3. The van der Waals surface area contributed by atoms with Gasteiger partial charge in [-0.05, 0) is 45.7 Å². The standard InChI is InChI=1S/C27H35N3O7/c1-27(2,3)37-26(33)30-6-4-5-21(30)19-15-18(25(32)29-9-13-35-14-10-29)16-20-22(31)17-23(36-24(19)20)28-7-11-34-12-8-28/h15-17,21H,4-14H2,1-3H3. The zero-order valence-corrected chi connectivity index (χ0v) is 21.8. The van der Waals surface area contributed by atoms with Crippen LogP contribution in [0.3, 0.4) is 0 Å². The van der Waals surface area contributed by atoms with Gasteiger partial charge in [0.15, 0.2) is 11.3 Å². The smallest absolute Gasteiger partial charge is 0.410 e. The van der Waals surface area contributed by atoms with Gasteiger partial charge < -0.3 is 33.3 Å². The number of amides is 2. The van der Waals surface area contributed by atoms with Crippen molar-refractivity contribution in [3.8, 4) is 0 Å². The lowest BCUT2D eigenvalue weighted by Gasteiger charge is -2.30. The van der Waals surface area contributed by atoms with Crippen LogP contribution < -0.4 is 10.3 Å². The first-order chi connectivity index (χ1) is 17.7. The van der Waals surface area contributed by atoms with E-state index in [-0.39, 0.29) is 17.4 Å². The molecule has 1 aromatic carbocycles. The number of hydrogen-bond acceptors (Lipinski definition) is 8. The number of anilines is 1. The molecular formula is C27H35N3O7. The second-order valence-electron chi connectivity index (χ2n) is 10.7. The summed E-state index contributed by atoms with van der Waals surface area (Å²) in [6.07, 6.45) is 1.04. The van der Waals surface area contributed by atoms with E-state index in [1.165, 1.54) is 6.07 Å². The molecule has 0 N–H and O–H groups in total. The fourth-order valence-corrected chi connectivity index (χ4v) is 5.16. The Morgan fingerprint density at radius 2 is 1.62 bits per heavy atom. The molecule has 0 saturated carbocycles. The lowest BCUT2D eigenvalue weighted by Crippen LogP contribution is -2.41. The van der Waals surface area contributed by atoms with Gasteiger partial charge in [-0.3, -0.25) is 9.59 Å². The van der Waals surface area contributed by atoms with Crippen LogP contribution in [0.4, 0.5) is 10.7 Å². The molecule has 3 aliphatic heterocycles. The first kappa shape index (κ1) is 25.5. The lowest BCUT2D eigenvalue weighted by molar-refractivity contribution is 0.0225. The maximum atomic E-state index is 13.4. The first-order valence-corrected chi connectivity index (χ1v) is 13.0. The van der Waals surface area contributed by atoms with E-state index in [4.69, 9.17) is 18.6 Å². The number of rotatable bonds is 3. The third kappa shape index (κ3) is 5.45. The van der Waals surface area contributed by atoms with E-state index in [0.717, 1.165) is 6.42 Å². The molecular weight excluding hydrogens is 478 g/mol. The summed E-state index contributed by atoms with van der Waals surface area (Å²) in [4.78, 5) is 45.4. The zero-order chi connectivity index (χ0) is 26.2. The van der Waals surface area contributed by atoms with Crippen LogP contribution in [-0.4, -0.2) is 86.6 Å². The molecule has 10 nitrogen and oxygen atoms in total. The molecule has 10 heteroatoms. The molecule has 0 radical (unpaired) electrons. The highest BCUT2D eigenvalue weighted by molar-refractivity contribution is 5.99. The molecule has 1 aromatic heterocycles. The molecule has 0 spiro atoms. The Bertz CT molecular complexity index is 1220. The number of morpholine rings is 2. The van der Waals surface area contributed by atoms with Crippen molar-refractivity contribution < 1.29 is 28.2 Å². The zero-order valence-electron chi connectivity index (χ0n) is 21.8. The van der Waals surface area contributed by atoms with E-state index in [9.17, 15) is 14.4 Å². The molecule has 4 heterocycles. The Balaban J connectivity index is 1.61. The van der Waals surface area contributed by atoms with E-state index >= 15 is 0 Å². The van der Waals surface area contributed by atoms with Gasteiger partial charge in [-0.2, -0.15) is 0 Å². The maximum absolute atomic E-state index is 13.4. The van der Waals surface area contributed by atoms with Gasteiger partial charge in [0.2, 0.25) is 0 Å². The van der Waals surface area contributed by atoms with Crippen LogP contribution in [0.1, 0.15) is 55.6 Å². The van der Waals surface area contributed by atoms with Gasteiger partial charge in [-0.15, -0.1) is 0 Å². The van der Waals surface area contributed by atoms with E-state index in [0.29, 0.717) is 93.6 Å². The number of likely N-dealkylation sites (tertiary alicyclic amines) is 1. The summed E-state index contributed by atoms with van der Waals surface area (Å²) >= 11 is 0. The molecule has 3 saturated heterocycles. The summed E-state index contributed by atoms with van der Waals surface area (Å²) in [5.74, 6) is 0.307. The fraction of sp³-hybridized carbons (Fsp3) is 0.593. The van der Waals surface area contributed by atoms with E-state index in [1.807, 2.05) is 25.7 Å². The predicted molar refractivity (Wildman–Crippen MR) is 137 cm³/mol. The van der Waals surface area contributed by atoms with Crippen LogP contribution in [0.2, 0.25) is 0 Å². The van der Waals surface area contributed by atoms with Crippen molar-refractivity contribution >= 4 is 28.9 Å². The van der Waals surface area contributed by atoms with Crippen LogP contribution in [0.15, 0.2) is 27.4 Å². The highest BCUT2D eigenvalue weighted by Gasteiger charge is 2.36. The predicted octanol–water partition coefficient (Wildman–Crippen LogP) is 3.17. The van der Waals surface area contributed by atoms with Crippen LogP contribution in [-0.2, 0) is 14.2 Å². The maximum Gasteiger partial charge on any atom is 0.410 e. The van der Waals surface area contributed by atoms with Crippen LogP contribution >= 0.6 is 0 Å². The normalized spacial score (nSPS) is 20.9. The van der Waals surface area contributed by atoms with Gasteiger partial charge in [0.25, 0.3) is 5.91 Å². The monoisotopic (exact) mass is 513 g/mol. The average molecular weight is 514 g/mol. The summed E-state index contributed by atoms with van der Waals surface area (Å²) < 4.78 is 22.9.